The lowest BCUT2D eigenvalue weighted by Crippen LogP contribution is -2.06. The molecule has 0 aliphatic heterocycles. The van der Waals surface area contributed by atoms with E-state index in [9.17, 15) is 18.3 Å². The van der Waals surface area contributed by atoms with Gasteiger partial charge in [-0.1, -0.05) is 49.0 Å². The SMILES string of the molecule is C=C(CCc1ccccc1)C(O)c1ccc(C(F)(F)F)cc1. The van der Waals surface area contributed by atoms with Gasteiger partial charge in [-0.2, -0.15) is 13.2 Å². The quantitative estimate of drug-likeness (QED) is 0.777. The smallest absolute Gasteiger partial charge is 0.384 e. The summed E-state index contributed by atoms with van der Waals surface area (Å²) < 4.78 is 37.5. The third-order valence-corrected chi connectivity index (χ3v) is 3.52. The number of aryl methyl sites for hydroxylation is 1. The van der Waals surface area contributed by atoms with Gasteiger partial charge < -0.3 is 5.11 Å². The van der Waals surface area contributed by atoms with Crippen LogP contribution in [0.1, 0.15) is 29.2 Å². The monoisotopic (exact) mass is 306 g/mol. The molecule has 22 heavy (non-hydrogen) atoms. The molecule has 0 saturated heterocycles. The first-order chi connectivity index (χ1) is 10.4. The Morgan fingerprint density at radius 1 is 1.00 bits per heavy atom. The predicted octanol–water partition coefficient (Wildman–Crippen LogP) is 4.93. The van der Waals surface area contributed by atoms with Crippen LogP contribution in [0.4, 0.5) is 13.2 Å². The molecule has 0 amide bonds. The molecular formula is C18H17F3O. The minimum atomic E-state index is -4.37. The molecule has 0 saturated carbocycles. The number of aliphatic hydroxyl groups is 1. The Balaban J connectivity index is 1.98. The first-order valence-corrected chi connectivity index (χ1v) is 6.95. The molecule has 0 heterocycles. The van der Waals surface area contributed by atoms with Crippen molar-refractivity contribution in [1.82, 2.24) is 0 Å². The van der Waals surface area contributed by atoms with Gasteiger partial charge in [-0.15, -0.1) is 0 Å². The Labute approximate surface area is 127 Å². The Bertz CT molecular complexity index is 615. The zero-order valence-corrected chi connectivity index (χ0v) is 12.0. The van der Waals surface area contributed by atoms with Crippen molar-refractivity contribution < 1.29 is 18.3 Å². The summed E-state index contributed by atoms with van der Waals surface area (Å²) in [5.41, 5.74) is 1.41. The second kappa shape index (κ2) is 6.79. The van der Waals surface area contributed by atoms with Gasteiger partial charge in [0, 0.05) is 0 Å². The van der Waals surface area contributed by atoms with Gasteiger partial charge >= 0.3 is 6.18 Å². The van der Waals surface area contributed by atoms with Gasteiger partial charge in [0.2, 0.25) is 0 Å². The van der Waals surface area contributed by atoms with E-state index < -0.39 is 17.8 Å². The average Bonchev–Trinajstić information content (AvgIpc) is 2.52. The van der Waals surface area contributed by atoms with E-state index in [0.29, 0.717) is 17.6 Å². The van der Waals surface area contributed by atoms with Crippen molar-refractivity contribution >= 4 is 0 Å². The molecule has 4 heteroatoms. The first-order valence-electron chi connectivity index (χ1n) is 6.95. The lowest BCUT2D eigenvalue weighted by Gasteiger charge is -2.15. The van der Waals surface area contributed by atoms with Gasteiger partial charge in [0.05, 0.1) is 11.7 Å². The molecule has 1 atom stereocenters. The zero-order valence-electron chi connectivity index (χ0n) is 12.0. The van der Waals surface area contributed by atoms with Gasteiger partial charge in [-0.3, -0.25) is 0 Å². The maximum Gasteiger partial charge on any atom is 0.416 e. The van der Waals surface area contributed by atoms with E-state index in [1.54, 1.807) is 0 Å². The molecule has 0 aliphatic rings. The molecule has 1 nitrogen and oxygen atoms in total. The van der Waals surface area contributed by atoms with Crippen LogP contribution in [0.15, 0.2) is 66.7 Å². The van der Waals surface area contributed by atoms with Crippen molar-refractivity contribution in [2.24, 2.45) is 0 Å². The first kappa shape index (κ1) is 16.3. The highest BCUT2D eigenvalue weighted by atomic mass is 19.4. The summed E-state index contributed by atoms with van der Waals surface area (Å²) in [4.78, 5) is 0. The third kappa shape index (κ3) is 4.21. The number of hydrogen-bond acceptors (Lipinski definition) is 1. The van der Waals surface area contributed by atoms with Gasteiger partial charge in [-0.05, 0) is 41.7 Å². The lowest BCUT2D eigenvalue weighted by atomic mass is 9.96. The van der Waals surface area contributed by atoms with Gasteiger partial charge in [0.25, 0.3) is 0 Å². The summed E-state index contributed by atoms with van der Waals surface area (Å²) in [5, 5.41) is 10.2. The Morgan fingerprint density at radius 3 is 2.14 bits per heavy atom. The maximum absolute atomic E-state index is 12.5. The van der Waals surface area contributed by atoms with E-state index in [4.69, 9.17) is 0 Å². The number of hydrogen-bond donors (Lipinski definition) is 1. The fourth-order valence-electron chi connectivity index (χ4n) is 2.18. The van der Waals surface area contributed by atoms with Crippen LogP contribution >= 0.6 is 0 Å². The Hall–Kier alpha value is -2.07. The molecule has 0 bridgehead atoms. The standard InChI is InChI=1S/C18H17F3O/c1-13(7-8-14-5-3-2-4-6-14)17(22)15-9-11-16(12-10-15)18(19,20)21/h2-6,9-12,17,22H,1,7-8H2. The van der Waals surface area contributed by atoms with Crippen molar-refractivity contribution in [2.45, 2.75) is 25.1 Å². The second-order valence-electron chi connectivity index (χ2n) is 5.17. The summed E-state index contributed by atoms with van der Waals surface area (Å²) in [6.07, 6.45) is -4.01. The summed E-state index contributed by atoms with van der Waals surface area (Å²) in [7, 11) is 0. The van der Waals surface area contributed by atoms with E-state index in [0.717, 1.165) is 24.1 Å². The molecule has 0 aliphatic carbocycles. The molecule has 2 aromatic carbocycles. The number of rotatable bonds is 5. The summed E-state index contributed by atoms with van der Waals surface area (Å²) in [6.45, 7) is 3.85. The number of aliphatic hydroxyl groups excluding tert-OH is 1. The number of benzene rings is 2. The minimum Gasteiger partial charge on any atom is -0.384 e. The molecule has 0 radical (unpaired) electrons. The second-order valence-corrected chi connectivity index (χ2v) is 5.17. The number of alkyl halides is 3. The molecule has 0 spiro atoms. The molecule has 2 aromatic rings. The van der Waals surface area contributed by atoms with E-state index in [1.165, 1.54) is 12.1 Å². The van der Waals surface area contributed by atoms with Crippen LogP contribution in [0.3, 0.4) is 0 Å². The molecule has 0 aromatic heterocycles. The highest BCUT2D eigenvalue weighted by Crippen LogP contribution is 2.31. The highest BCUT2D eigenvalue weighted by molar-refractivity contribution is 5.30. The van der Waals surface area contributed by atoms with E-state index in [-0.39, 0.29) is 0 Å². The molecule has 2 rings (SSSR count). The van der Waals surface area contributed by atoms with E-state index in [1.807, 2.05) is 30.3 Å². The Morgan fingerprint density at radius 2 is 1.59 bits per heavy atom. The van der Waals surface area contributed by atoms with Crippen LogP contribution < -0.4 is 0 Å². The summed E-state index contributed by atoms with van der Waals surface area (Å²) in [5.74, 6) is 0. The van der Waals surface area contributed by atoms with Crippen LogP contribution in [-0.2, 0) is 12.6 Å². The topological polar surface area (TPSA) is 20.2 Å². The van der Waals surface area contributed by atoms with Crippen molar-refractivity contribution in [3.8, 4) is 0 Å². The predicted molar refractivity (Wildman–Crippen MR) is 80.3 cm³/mol. The average molecular weight is 306 g/mol. The third-order valence-electron chi connectivity index (χ3n) is 3.52. The summed E-state index contributed by atoms with van der Waals surface area (Å²) >= 11 is 0. The largest absolute Gasteiger partial charge is 0.416 e. The van der Waals surface area contributed by atoms with Gasteiger partial charge in [0.15, 0.2) is 0 Å². The van der Waals surface area contributed by atoms with Crippen LogP contribution in [0.2, 0.25) is 0 Å². The van der Waals surface area contributed by atoms with Crippen LogP contribution in [0.25, 0.3) is 0 Å². The van der Waals surface area contributed by atoms with Crippen molar-refractivity contribution in [1.29, 1.82) is 0 Å². The molecule has 1 N–H and O–H groups in total. The Kier molecular flexibility index (Phi) is 5.03. The van der Waals surface area contributed by atoms with Crippen molar-refractivity contribution in [2.75, 3.05) is 0 Å². The van der Waals surface area contributed by atoms with Crippen LogP contribution in [0.5, 0.6) is 0 Å². The zero-order chi connectivity index (χ0) is 16.2. The molecule has 1 unspecified atom stereocenters. The molecule has 0 fully saturated rings. The fourth-order valence-corrected chi connectivity index (χ4v) is 2.18. The number of halogens is 3. The van der Waals surface area contributed by atoms with Crippen LogP contribution in [0, 0.1) is 0 Å². The minimum absolute atomic E-state index is 0.422. The lowest BCUT2D eigenvalue weighted by molar-refractivity contribution is -0.137. The fraction of sp³-hybridized carbons (Fsp3) is 0.222. The maximum atomic E-state index is 12.5. The highest BCUT2D eigenvalue weighted by Gasteiger charge is 2.30. The van der Waals surface area contributed by atoms with E-state index in [2.05, 4.69) is 6.58 Å². The van der Waals surface area contributed by atoms with Crippen molar-refractivity contribution in [3.05, 3.63) is 83.4 Å². The van der Waals surface area contributed by atoms with Gasteiger partial charge in [-0.25, -0.2) is 0 Å². The normalized spacial score (nSPS) is 12.9. The van der Waals surface area contributed by atoms with Gasteiger partial charge in [0.1, 0.15) is 0 Å². The molecule has 116 valence electrons. The van der Waals surface area contributed by atoms with E-state index >= 15 is 0 Å². The summed E-state index contributed by atoms with van der Waals surface area (Å²) in [6, 6.07) is 14.3. The molecular weight excluding hydrogens is 289 g/mol. The van der Waals surface area contributed by atoms with Crippen LogP contribution in [-0.4, -0.2) is 5.11 Å². The van der Waals surface area contributed by atoms with Crippen molar-refractivity contribution in [3.63, 3.8) is 0 Å².